The normalized spacial score (nSPS) is 11.4. The number of hydrogen-bond donors (Lipinski definition) is 0. The lowest BCUT2D eigenvalue weighted by Crippen LogP contribution is -2.35. The second-order valence-electron chi connectivity index (χ2n) is 4.26. The van der Waals surface area contributed by atoms with Crippen molar-refractivity contribution in [2.75, 3.05) is 32.1 Å². The van der Waals surface area contributed by atoms with E-state index in [-0.39, 0.29) is 5.91 Å². The lowest BCUT2D eigenvalue weighted by Gasteiger charge is -2.21. The highest BCUT2D eigenvalue weighted by atomic mass is 32.1. The highest BCUT2D eigenvalue weighted by Gasteiger charge is 2.14. The van der Waals surface area contributed by atoms with Gasteiger partial charge in [0.2, 0.25) is 0 Å². The summed E-state index contributed by atoms with van der Waals surface area (Å²) in [5.41, 5.74) is 1.20. The van der Waals surface area contributed by atoms with Crippen LogP contribution in [0.5, 0.6) is 0 Å². The maximum absolute atomic E-state index is 12.0. The SMILES string of the molecule is CC=CC(=O)N(CCN(C)C)c1cc(C)cs1. The summed E-state index contributed by atoms with van der Waals surface area (Å²) in [5.74, 6) is 0.0520. The second kappa shape index (κ2) is 6.57. The number of carbonyl (C=O) groups excluding carboxylic acids is 1. The van der Waals surface area contributed by atoms with Gasteiger partial charge in [0.1, 0.15) is 0 Å². The zero-order chi connectivity index (χ0) is 12.8. The molecule has 0 radical (unpaired) electrons. The molecule has 0 spiro atoms. The molecule has 0 aliphatic carbocycles. The summed E-state index contributed by atoms with van der Waals surface area (Å²) in [7, 11) is 4.02. The van der Waals surface area contributed by atoms with Crippen LogP contribution in [0.4, 0.5) is 5.00 Å². The molecule has 1 rings (SSSR count). The van der Waals surface area contributed by atoms with E-state index >= 15 is 0 Å². The molecular formula is C13H20N2OS. The van der Waals surface area contributed by atoms with Crippen LogP contribution in [-0.4, -0.2) is 38.0 Å². The van der Waals surface area contributed by atoms with Crippen LogP contribution in [0.3, 0.4) is 0 Å². The number of likely N-dealkylation sites (N-methyl/N-ethyl adjacent to an activating group) is 1. The number of nitrogens with zero attached hydrogens (tertiary/aromatic N) is 2. The van der Waals surface area contributed by atoms with Crippen molar-refractivity contribution in [2.45, 2.75) is 13.8 Å². The molecule has 1 heterocycles. The Hall–Kier alpha value is -1.13. The molecule has 3 nitrogen and oxygen atoms in total. The predicted octanol–water partition coefficient (Wildman–Crippen LogP) is 2.53. The van der Waals surface area contributed by atoms with Gasteiger partial charge in [-0.15, -0.1) is 11.3 Å². The topological polar surface area (TPSA) is 23.6 Å². The number of amides is 1. The predicted molar refractivity (Wildman–Crippen MR) is 74.8 cm³/mol. The molecule has 94 valence electrons. The Morgan fingerprint density at radius 1 is 1.41 bits per heavy atom. The van der Waals surface area contributed by atoms with E-state index in [1.807, 2.05) is 32.8 Å². The van der Waals surface area contributed by atoms with Crippen molar-refractivity contribution in [3.8, 4) is 0 Å². The van der Waals surface area contributed by atoms with Crippen LogP contribution in [-0.2, 0) is 4.79 Å². The van der Waals surface area contributed by atoms with E-state index in [2.05, 4.69) is 16.3 Å². The zero-order valence-electron chi connectivity index (χ0n) is 10.9. The molecule has 0 aromatic carbocycles. The van der Waals surface area contributed by atoms with Gasteiger partial charge in [0.25, 0.3) is 5.91 Å². The zero-order valence-corrected chi connectivity index (χ0v) is 11.8. The van der Waals surface area contributed by atoms with Gasteiger partial charge in [0, 0.05) is 13.1 Å². The summed E-state index contributed by atoms with van der Waals surface area (Å²) in [5, 5.41) is 3.09. The molecule has 0 unspecified atom stereocenters. The summed E-state index contributed by atoms with van der Waals surface area (Å²) >= 11 is 1.62. The number of allylic oxidation sites excluding steroid dienone is 1. The Balaban J connectivity index is 2.82. The van der Waals surface area contributed by atoms with Gasteiger partial charge in [-0.1, -0.05) is 6.08 Å². The molecule has 0 aliphatic heterocycles. The maximum Gasteiger partial charge on any atom is 0.251 e. The first-order valence-corrected chi connectivity index (χ1v) is 6.56. The number of carbonyl (C=O) groups is 1. The third-order valence-electron chi connectivity index (χ3n) is 2.33. The van der Waals surface area contributed by atoms with Gasteiger partial charge in [-0.25, -0.2) is 0 Å². The van der Waals surface area contributed by atoms with Crippen molar-refractivity contribution in [1.82, 2.24) is 4.90 Å². The van der Waals surface area contributed by atoms with Gasteiger partial charge >= 0.3 is 0 Å². The Kier molecular flexibility index (Phi) is 5.38. The third kappa shape index (κ3) is 4.32. The van der Waals surface area contributed by atoms with Gasteiger partial charge in [0.05, 0.1) is 5.00 Å². The van der Waals surface area contributed by atoms with Gasteiger partial charge in [-0.2, -0.15) is 0 Å². The van der Waals surface area contributed by atoms with Crippen molar-refractivity contribution in [3.63, 3.8) is 0 Å². The van der Waals surface area contributed by atoms with Crippen molar-refractivity contribution < 1.29 is 4.79 Å². The molecular weight excluding hydrogens is 232 g/mol. The minimum Gasteiger partial charge on any atom is -0.308 e. The first-order valence-electron chi connectivity index (χ1n) is 5.68. The molecule has 0 fully saturated rings. The van der Waals surface area contributed by atoms with Gasteiger partial charge < -0.3 is 4.90 Å². The fraction of sp³-hybridized carbons (Fsp3) is 0.462. The molecule has 0 N–H and O–H groups in total. The summed E-state index contributed by atoms with van der Waals surface area (Å²) in [6, 6.07) is 2.06. The van der Waals surface area contributed by atoms with E-state index in [0.717, 1.165) is 18.1 Å². The van der Waals surface area contributed by atoms with Gasteiger partial charge in [0.15, 0.2) is 0 Å². The van der Waals surface area contributed by atoms with E-state index in [9.17, 15) is 4.79 Å². The van der Waals surface area contributed by atoms with Crippen LogP contribution in [0, 0.1) is 6.92 Å². The molecule has 0 bridgehead atoms. The number of hydrogen-bond acceptors (Lipinski definition) is 3. The van der Waals surface area contributed by atoms with Crippen molar-refractivity contribution in [3.05, 3.63) is 29.2 Å². The number of rotatable bonds is 5. The molecule has 0 saturated heterocycles. The highest BCUT2D eigenvalue weighted by molar-refractivity contribution is 7.14. The first kappa shape index (κ1) is 13.9. The molecule has 0 atom stereocenters. The molecule has 1 amide bonds. The lowest BCUT2D eigenvalue weighted by molar-refractivity contribution is -0.114. The van der Waals surface area contributed by atoms with Gasteiger partial charge in [-0.05, 0) is 51.0 Å². The Labute approximate surface area is 107 Å². The second-order valence-corrected chi connectivity index (χ2v) is 5.15. The minimum atomic E-state index is 0.0520. The average Bonchev–Trinajstić information content (AvgIpc) is 2.65. The van der Waals surface area contributed by atoms with Crippen LogP contribution < -0.4 is 4.90 Å². The molecule has 1 aromatic heterocycles. The van der Waals surface area contributed by atoms with E-state index in [1.54, 1.807) is 23.5 Å². The first-order chi connectivity index (χ1) is 8.04. The summed E-state index contributed by atoms with van der Waals surface area (Å²) in [6.45, 7) is 5.49. The molecule has 1 aromatic rings. The molecule has 17 heavy (non-hydrogen) atoms. The highest BCUT2D eigenvalue weighted by Crippen LogP contribution is 2.24. The van der Waals surface area contributed by atoms with Crippen molar-refractivity contribution >= 4 is 22.2 Å². The van der Waals surface area contributed by atoms with Crippen LogP contribution in [0.25, 0.3) is 0 Å². The monoisotopic (exact) mass is 252 g/mol. The van der Waals surface area contributed by atoms with Crippen LogP contribution in [0.2, 0.25) is 0 Å². The van der Waals surface area contributed by atoms with Crippen LogP contribution in [0.1, 0.15) is 12.5 Å². The lowest BCUT2D eigenvalue weighted by atomic mass is 10.3. The molecule has 0 saturated carbocycles. The van der Waals surface area contributed by atoms with Crippen molar-refractivity contribution in [1.29, 1.82) is 0 Å². The van der Waals surface area contributed by atoms with Crippen LogP contribution >= 0.6 is 11.3 Å². The van der Waals surface area contributed by atoms with Crippen LogP contribution in [0.15, 0.2) is 23.6 Å². The Bertz CT molecular complexity index is 396. The smallest absolute Gasteiger partial charge is 0.251 e. The summed E-state index contributed by atoms with van der Waals surface area (Å²) in [6.07, 6.45) is 3.40. The Morgan fingerprint density at radius 3 is 2.59 bits per heavy atom. The number of aryl methyl sites for hydroxylation is 1. The van der Waals surface area contributed by atoms with E-state index in [0.29, 0.717) is 0 Å². The van der Waals surface area contributed by atoms with E-state index in [1.165, 1.54) is 5.56 Å². The molecule has 0 aliphatic rings. The fourth-order valence-corrected chi connectivity index (χ4v) is 2.36. The maximum atomic E-state index is 12.0. The fourth-order valence-electron chi connectivity index (χ4n) is 1.42. The average molecular weight is 252 g/mol. The molecule has 4 heteroatoms. The van der Waals surface area contributed by atoms with Gasteiger partial charge in [-0.3, -0.25) is 9.69 Å². The quantitative estimate of drug-likeness (QED) is 0.752. The third-order valence-corrected chi connectivity index (χ3v) is 3.40. The summed E-state index contributed by atoms with van der Waals surface area (Å²) < 4.78 is 0. The largest absolute Gasteiger partial charge is 0.308 e. The summed E-state index contributed by atoms with van der Waals surface area (Å²) in [4.78, 5) is 15.9. The Morgan fingerprint density at radius 2 is 2.12 bits per heavy atom. The minimum absolute atomic E-state index is 0.0520. The van der Waals surface area contributed by atoms with Crippen molar-refractivity contribution in [2.24, 2.45) is 0 Å². The van der Waals surface area contributed by atoms with E-state index in [4.69, 9.17) is 0 Å². The van der Waals surface area contributed by atoms with E-state index < -0.39 is 0 Å². The number of thiophene rings is 1. The number of anilines is 1. The standard InChI is InChI=1S/C13H20N2OS/c1-5-6-12(16)15(8-7-14(3)4)13-9-11(2)10-17-13/h5-6,9-10H,7-8H2,1-4H3.